The first-order chi connectivity index (χ1) is 8.31. The molecule has 18 heavy (non-hydrogen) atoms. The van der Waals surface area contributed by atoms with Crippen LogP contribution in [-0.4, -0.2) is 35.7 Å². The number of nitrogens with zero attached hydrogens (tertiary/aromatic N) is 2. The van der Waals surface area contributed by atoms with Crippen molar-refractivity contribution in [1.82, 2.24) is 9.88 Å². The summed E-state index contributed by atoms with van der Waals surface area (Å²) in [6.45, 7) is 2.87. The van der Waals surface area contributed by atoms with E-state index in [1.807, 2.05) is 0 Å². The molecule has 0 aliphatic carbocycles. The molecule has 0 radical (unpaired) electrons. The van der Waals surface area contributed by atoms with Gasteiger partial charge >= 0.3 is 6.18 Å². The van der Waals surface area contributed by atoms with E-state index in [2.05, 4.69) is 10.3 Å². The van der Waals surface area contributed by atoms with E-state index in [0.29, 0.717) is 5.82 Å². The second-order valence-electron chi connectivity index (χ2n) is 4.41. The molecule has 0 aliphatic rings. The molecule has 0 saturated heterocycles. The molecule has 102 valence electrons. The van der Waals surface area contributed by atoms with E-state index in [0.717, 1.165) is 5.56 Å². The molecule has 1 rings (SSSR count). The maximum Gasteiger partial charge on any atom is 0.401 e. The molecule has 1 heterocycles. The molecule has 3 nitrogen and oxygen atoms in total. The molecule has 0 aromatic carbocycles. The lowest BCUT2D eigenvalue weighted by atomic mass is 10.2. The number of halogens is 3. The molecule has 1 aromatic heterocycles. The Hall–Kier alpha value is -1.30. The van der Waals surface area contributed by atoms with Crippen molar-refractivity contribution in [2.45, 2.75) is 32.6 Å². The predicted molar refractivity (Wildman–Crippen MR) is 65.4 cm³/mol. The number of aromatic nitrogens is 1. The van der Waals surface area contributed by atoms with Gasteiger partial charge in [-0.1, -0.05) is 0 Å². The molecule has 0 unspecified atom stereocenters. The predicted octanol–water partition coefficient (Wildman–Crippen LogP) is 2.90. The van der Waals surface area contributed by atoms with Gasteiger partial charge in [0.2, 0.25) is 0 Å². The molecular formula is C12H18F3N3. The number of pyridine rings is 1. The van der Waals surface area contributed by atoms with Gasteiger partial charge in [-0.2, -0.15) is 13.2 Å². The van der Waals surface area contributed by atoms with Gasteiger partial charge in [0.1, 0.15) is 5.82 Å². The van der Waals surface area contributed by atoms with Crippen LogP contribution in [0.2, 0.25) is 0 Å². The Morgan fingerprint density at radius 3 is 2.56 bits per heavy atom. The van der Waals surface area contributed by atoms with Crippen molar-refractivity contribution in [2.24, 2.45) is 0 Å². The molecule has 1 N–H and O–H groups in total. The highest BCUT2D eigenvalue weighted by Gasteiger charge is 2.31. The Morgan fingerprint density at radius 1 is 1.39 bits per heavy atom. The summed E-state index contributed by atoms with van der Waals surface area (Å²) >= 11 is 0. The molecule has 0 fully saturated rings. The van der Waals surface area contributed by atoms with Crippen molar-refractivity contribution < 1.29 is 13.2 Å². The van der Waals surface area contributed by atoms with Gasteiger partial charge < -0.3 is 5.32 Å². The van der Waals surface area contributed by atoms with Gasteiger partial charge in [-0.3, -0.25) is 4.90 Å². The van der Waals surface area contributed by atoms with E-state index >= 15 is 0 Å². The van der Waals surface area contributed by atoms with Crippen molar-refractivity contribution in [1.29, 1.82) is 0 Å². The fourth-order valence-electron chi connectivity index (χ4n) is 1.60. The molecule has 0 amide bonds. The molecule has 0 spiro atoms. The SMILES string of the molecule is CNc1cc(CN(CC(F)(F)F)C(C)C)ccn1. The maximum absolute atomic E-state index is 12.4. The highest BCUT2D eigenvalue weighted by Crippen LogP contribution is 2.20. The zero-order valence-electron chi connectivity index (χ0n) is 10.8. The van der Waals surface area contributed by atoms with Crippen LogP contribution in [0.25, 0.3) is 0 Å². The molecule has 0 saturated carbocycles. The maximum atomic E-state index is 12.4. The van der Waals surface area contributed by atoms with Crippen LogP contribution in [0.15, 0.2) is 18.3 Å². The normalized spacial score (nSPS) is 12.2. The number of nitrogens with one attached hydrogen (secondary N) is 1. The number of anilines is 1. The largest absolute Gasteiger partial charge is 0.401 e. The lowest BCUT2D eigenvalue weighted by molar-refractivity contribution is -0.150. The summed E-state index contributed by atoms with van der Waals surface area (Å²) in [6.07, 6.45) is -2.59. The van der Waals surface area contributed by atoms with Gasteiger partial charge in [-0.05, 0) is 31.5 Å². The Kier molecular flexibility index (Phi) is 4.95. The van der Waals surface area contributed by atoms with Gasteiger partial charge in [-0.15, -0.1) is 0 Å². The first kappa shape index (κ1) is 14.8. The monoisotopic (exact) mass is 261 g/mol. The van der Waals surface area contributed by atoms with Crippen molar-refractivity contribution >= 4 is 5.82 Å². The first-order valence-electron chi connectivity index (χ1n) is 5.75. The molecular weight excluding hydrogens is 243 g/mol. The second kappa shape index (κ2) is 6.04. The van der Waals surface area contributed by atoms with E-state index < -0.39 is 12.7 Å². The lowest BCUT2D eigenvalue weighted by Crippen LogP contribution is -2.38. The van der Waals surface area contributed by atoms with E-state index in [1.165, 1.54) is 4.90 Å². The molecule has 6 heteroatoms. The number of alkyl halides is 3. The Balaban J connectivity index is 2.76. The standard InChI is InChI=1S/C12H18F3N3/c1-9(2)18(8-12(13,14)15)7-10-4-5-17-11(6-10)16-3/h4-6,9H,7-8H2,1-3H3,(H,16,17). The zero-order valence-corrected chi connectivity index (χ0v) is 10.8. The van der Waals surface area contributed by atoms with Crippen LogP contribution in [0.1, 0.15) is 19.4 Å². The van der Waals surface area contributed by atoms with Crippen molar-refractivity contribution in [2.75, 3.05) is 18.9 Å². The van der Waals surface area contributed by atoms with Crippen LogP contribution < -0.4 is 5.32 Å². The van der Waals surface area contributed by atoms with Crippen LogP contribution in [0.5, 0.6) is 0 Å². The third-order valence-electron chi connectivity index (χ3n) is 2.58. The average Bonchev–Trinajstić information content (AvgIpc) is 2.26. The minimum atomic E-state index is -4.18. The second-order valence-corrected chi connectivity index (χ2v) is 4.41. The summed E-state index contributed by atoms with van der Waals surface area (Å²) in [7, 11) is 1.72. The van der Waals surface area contributed by atoms with Crippen LogP contribution >= 0.6 is 0 Å². The van der Waals surface area contributed by atoms with Gasteiger partial charge in [0.05, 0.1) is 6.54 Å². The quantitative estimate of drug-likeness (QED) is 0.883. The van der Waals surface area contributed by atoms with Crippen molar-refractivity contribution in [3.63, 3.8) is 0 Å². The van der Waals surface area contributed by atoms with E-state index in [4.69, 9.17) is 0 Å². The topological polar surface area (TPSA) is 28.2 Å². The third kappa shape index (κ3) is 4.91. The number of hydrogen-bond donors (Lipinski definition) is 1. The van der Waals surface area contributed by atoms with Crippen molar-refractivity contribution in [3.05, 3.63) is 23.9 Å². The van der Waals surface area contributed by atoms with Gasteiger partial charge in [0.25, 0.3) is 0 Å². The summed E-state index contributed by atoms with van der Waals surface area (Å²) in [5.41, 5.74) is 0.812. The Labute approximate surface area is 105 Å². The smallest absolute Gasteiger partial charge is 0.373 e. The minimum Gasteiger partial charge on any atom is -0.373 e. The summed E-state index contributed by atoms with van der Waals surface area (Å²) in [5.74, 6) is 0.656. The van der Waals surface area contributed by atoms with Gasteiger partial charge in [-0.25, -0.2) is 4.98 Å². The van der Waals surface area contributed by atoms with Gasteiger partial charge in [0, 0.05) is 25.8 Å². The first-order valence-corrected chi connectivity index (χ1v) is 5.75. The minimum absolute atomic E-state index is 0.169. The fourth-order valence-corrected chi connectivity index (χ4v) is 1.60. The van der Waals surface area contributed by atoms with Crippen molar-refractivity contribution in [3.8, 4) is 0 Å². The zero-order chi connectivity index (χ0) is 13.8. The lowest BCUT2D eigenvalue weighted by Gasteiger charge is -2.27. The number of rotatable bonds is 5. The molecule has 0 aliphatic heterocycles. The van der Waals surface area contributed by atoms with Crippen LogP contribution in [0.4, 0.5) is 19.0 Å². The van der Waals surface area contributed by atoms with Crippen LogP contribution in [0, 0.1) is 0 Å². The third-order valence-corrected chi connectivity index (χ3v) is 2.58. The van der Waals surface area contributed by atoms with Gasteiger partial charge in [0.15, 0.2) is 0 Å². The van der Waals surface area contributed by atoms with E-state index in [1.54, 1.807) is 39.2 Å². The highest BCUT2D eigenvalue weighted by atomic mass is 19.4. The van der Waals surface area contributed by atoms with E-state index in [9.17, 15) is 13.2 Å². The van der Waals surface area contributed by atoms with Crippen LogP contribution in [-0.2, 0) is 6.54 Å². The summed E-state index contributed by atoms with van der Waals surface area (Å²) in [4.78, 5) is 5.42. The summed E-state index contributed by atoms with van der Waals surface area (Å²) in [6, 6.07) is 3.32. The van der Waals surface area contributed by atoms with Crippen LogP contribution in [0.3, 0.4) is 0 Å². The molecule has 1 aromatic rings. The van der Waals surface area contributed by atoms with E-state index in [-0.39, 0.29) is 12.6 Å². The number of hydrogen-bond acceptors (Lipinski definition) is 3. The summed E-state index contributed by atoms with van der Waals surface area (Å²) < 4.78 is 37.3. The molecule has 0 bridgehead atoms. The molecule has 0 atom stereocenters. The Morgan fingerprint density at radius 2 is 2.06 bits per heavy atom. The summed E-state index contributed by atoms with van der Waals surface area (Å²) in [5, 5.41) is 2.87. The Bertz CT molecular complexity index is 377. The fraction of sp³-hybridized carbons (Fsp3) is 0.583. The highest BCUT2D eigenvalue weighted by molar-refractivity contribution is 5.36. The average molecular weight is 261 g/mol.